The molecule has 1 fully saturated rings. The number of piperidine rings is 1. The number of nitrogens with two attached hydrogens (primary N) is 2. The standard InChI is InChI=1S/C18H21N7O2/c19-15(26)7-12-10-25-9-11(1-2-16(25)23-12)14-8-22-17(20)18(24-14)27-13-3-5-21-6-4-13/h1-2,8-10,13,21H,3-7H2,(H2,19,26)(H2,20,22). The molecule has 9 nitrogen and oxygen atoms in total. The molecule has 9 heteroatoms. The monoisotopic (exact) mass is 367 g/mol. The molecule has 0 bridgehead atoms. The van der Waals surface area contributed by atoms with Gasteiger partial charge >= 0.3 is 0 Å². The highest BCUT2D eigenvalue weighted by atomic mass is 16.5. The lowest BCUT2D eigenvalue weighted by Crippen LogP contribution is -2.34. The number of carbonyl (C=O) groups excluding carboxylic acids is 1. The van der Waals surface area contributed by atoms with Crippen LogP contribution in [-0.2, 0) is 11.2 Å². The van der Waals surface area contributed by atoms with Gasteiger partial charge in [0.1, 0.15) is 11.8 Å². The Morgan fingerprint density at radius 1 is 1.26 bits per heavy atom. The summed E-state index contributed by atoms with van der Waals surface area (Å²) >= 11 is 0. The molecule has 0 radical (unpaired) electrons. The number of primary amides is 1. The Labute approximate surface area is 155 Å². The van der Waals surface area contributed by atoms with E-state index in [1.165, 1.54) is 0 Å². The van der Waals surface area contributed by atoms with E-state index in [1.807, 2.05) is 22.7 Å². The van der Waals surface area contributed by atoms with Crippen molar-refractivity contribution in [3.63, 3.8) is 0 Å². The van der Waals surface area contributed by atoms with Gasteiger partial charge in [0.05, 0.1) is 24.0 Å². The number of rotatable bonds is 5. The van der Waals surface area contributed by atoms with Gasteiger partial charge in [-0.1, -0.05) is 0 Å². The van der Waals surface area contributed by atoms with Crippen molar-refractivity contribution in [2.45, 2.75) is 25.4 Å². The summed E-state index contributed by atoms with van der Waals surface area (Å²) in [6, 6.07) is 3.75. The molecule has 4 heterocycles. The van der Waals surface area contributed by atoms with Gasteiger partial charge < -0.3 is 25.9 Å². The van der Waals surface area contributed by atoms with E-state index in [0.717, 1.165) is 37.1 Å². The molecule has 5 N–H and O–H groups in total. The first-order valence-electron chi connectivity index (χ1n) is 8.84. The molecule has 0 saturated carbocycles. The van der Waals surface area contributed by atoms with Crippen molar-refractivity contribution in [1.82, 2.24) is 24.7 Å². The Balaban J connectivity index is 1.62. The summed E-state index contributed by atoms with van der Waals surface area (Å²) in [6.07, 6.45) is 7.29. The van der Waals surface area contributed by atoms with Crippen LogP contribution in [0.1, 0.15) is 18.5 Å². The lowest BCUT2D eigenvalue weighted by molar-refractivity contribution is -0.117. The van der Waals surface area contributed by atoms with Gasteiger partial charge in [-0.05, 0) is 38.1 Å². The summed E-state index contributed by atoms with van der Waals surface area (Å²) in [6.45, 7) is 1.84. The summed E-state index contributed by atoms with van der Waals surface area (Å²) in [5.74, 6) is 0.229. The first-order valence-corrected chi connectivity index (χ1v) is 8.84. The minimum absolute atomic E-state index is 0.0885. The molecule has 0 atom stereocenters. The van der Waals surface area contributed by atoms with Crippen LogP contribution >= 0.6 is 0 Å². The number of amides is 1. The van der Waals surface area contributed by atoms with Crippen LogP contribution in [0.2, 0.25) is 0 Å². The summed E-state index contributed by atoms with van der Waals surface area (Å²) in [5.41, 5.74) is 14.0. The first kappa shape index (κ1) is 17.2. The molecule has 3 aromatic heterocycles. The topological polar surface area (TPSA) is 133 Å². The van der Waals surface area contributed by atoms with E-state index in [2.05, 4.69) is 20.3 Å². The zero-order valence-corrected chi connectivity index (χ0v) is 14.8. The van der Waals surface area contributed by atoms with E-state index in [-0.39, 0.29) is 18.3 Å². The van der Waals surface area contributed by atoms with E-state index in [0.29, 0.717) is 17.3 Å². The van der Waals surface area contributed by atoms with Crippen LogP contribution in [0.4, 0.5) is 5.82 Å². The minimum Gasteiger partial charge on any atom is -0.472 e. The average molecular weight is 367 g/mol. The number of aromatic nitrogens is 4. The van der Waals surface area contributed by atoms with Crippen molar-refractivity contribution in [3.05, 3.63) is 36.4 Å². The molecule has 3 aromatic rings. The zero-order valence-electron chi connectivity index (χ0n) is 14.8. The number of hydrogen-bond donors (Lipinski definition) is 3. The number of anilines is 1. The minimum atomic E-state index is -0.414. The second kappa shape index (κ2) is 7.20. The Morgan fingerprint density at radius 3 is 2.85 bits per heavy atom. The van der Waals surface area contributed by atoms with Crippen molar-refractivity contribution in [3.8, 4) is 17.1 Å². The lowest BCUT2D eigenvalue weighted by atomic mass is 10.1. The lowest BCUT2D eigenvalue weighted by Gasteiger charge is -2.23. The van der Waals surface area contributed by atoms with E-state index in [9.17, 15) is 4.79 Å². The average Bonchev–Trinajstić information content (AvgIpc) is 3.05. The molecule has 1 aliphatic rings. The number of nitrogens with zero attached hydrogens (tertiary/aromatic N) is 4. The fourth-order valence-corrected chi connectivity index (χ4v) is 3.14. The predicted octanol–water partition coefficient (Wildman–Crippen LogP) is 0.532. The van der Waals surface area contributed by atoms with Crippen molar-refractivity contribution < 1.29 is 9.53 Å². The van der Waals surface area contributed by atoms with Gasteiger partial charge in [-0.3, -0.25) is 4.79 Å². The molecule has 1 amide bonds. The third-order valence-electron chi connectivity index (χ3n) is 4.48. The maximum atomic E-state index is 11.1. The SMILES string of the molecule is NC(=O)Cc1cn2cc(-c3cnc(N)c(OC4CCNCC4)n3)ccc2n1. The number of carbonyl (C=O) groups is 1. The van der Waals surface area contributed by atoms with Crippen LogP contribution in [0.5, 0.6) is 5.88 Å². The van der Waals surface area contributed by atoms with Gasteiger partial charge in [0.2, 0.25) is 5.91 Å². The van der Waals surface area contributed by atoms with Crippen molar-refractivity contribution in [1.29, 1.82) is 0 Å². The predicted molar refractivity (Wildman–Crippen MR) is 100 cm³/mol. The van der Waals surface area contributed by atoms with Crippen molar-refractivity contribution >= 4 is 17.4 Å². The molecule has 1 aliphatic heterocycles. The van der Waals surface area contributed by atoms with E-state index < -0.39 is 5.91 Å². The Hall–Kier alpha value is -3.20. The molecule has 0 aliphatic carbocycles. The Morgan fingerprint density at radius 2 is 2.07 bits per heavy atom. The largest absolute Gasteiger partial charge is 0.472 e. The molecular formula is C18H21N7O2. The summed E-state index contributed by atoms with van der Waals surface area (Å²) in [7, 11) is 0. The van der Waals surface area contributed by atoms with Gasteiger partial charge in [-0.2, -0.15) is 0 Å². The number of pyridine rings is 1. The zero-order chi connectivity index (χ0) is 18.8. The highest BCUT2D eigenvalue weighted by Gasteiger charge is 2.18. The summed E-state index contributed by atoms with van der Waals surface area (Å²) in [5, 5.41) is 3.30. The number of imidazole rings is 1. The normalized spacial score (nSPS) is 15.1. The van der Waals surface area contributed by atoms with Crippen LogP contribution in [0.15, 0.2) is 30.7 Å². The van der Waals surface area contributed by atoms with Crippen LogP contribution in [-0.4, -0.2) is 44.5 Å². The second-order valence-electron chi connectivity index (χ2n) is 6.57. The Bertz CT molecular complexity index is 979. The number of nitrogen functional groups attached to an aromatic ring is 1. The maximum absolute atomic E-state index is 11.1. The van der Waals surface area contributed by atoms with Crippen LogP contribution in [0.25, 0.3) is 16.9 Å². The number of nitrogens with one attached hydrogen (secondary N) is 1. The van der Waals surface area contributed by atoms with Gasteiger partial charge in [0.15, 0.2) is 5.82 Å². The van der Waals surface area contributed by atoms with E-state index in [4.69, 9.17) is 16.2 Å². The summed E-state index contributed by atoms with van der Waals surface area (Å²) < 4.78 is 7.81. The molecular weight excluding hydrogens is 346 g/mol. The number of fused-ring (bicyclic) bond motifs is 1. The molecule has 27 heavy (non-hydrogen) atoms. The second-order valence-corrected chi connectivity index (χ2v) is 6.57. The molecule has 140 valence electrons. The third kappa shape index (κ3) is 3.82. The van der Waals surface area contributed by atoms with Crippen molar-refractivity contribution in [2.75, 3.05) is 18.8 Å². The molecule has 0 unspecified atom stereocenters. The molecule has 4 rings (SSSR count). The van der Waals surface area contributed by atoms with Crippen LogP contribution in [0, 0.1) is 0 Å². The third-order valence-corrected chi connectivity index (χ3v) is 4.48. The van der Waals surface area contributed by atoms with Gasteiger partial charge in [-0.15, -0.1) is 0 Å². The fraction of sp³-hybridized carbons (Fsp3) is 0.333. The number of hydrogen-bond acceptors (Lipinski definition) is 7. The van der Waals surface area contributed by atoms with Gasteiger partial charge in [0, 0.05) is 18.0 Å². The number of ether oxygens (including phenoxy) is 1. The highest BCUT2D eigenvalue weighted by Crippen LogP contribution is 2.25. The quantitative estimate of drug-likeness (QED) is 0.599. The first-order chi connectivity index (χ1) is 13.1. The smallest absolute Gasteiger partial charge is 0.258 e. The highest BCUT2D eigenvalue weighted by molar-refractivity contribution is 5.76. The van der Waals surface area contributed by atoms with E-state index in [1.54, 1.807) is 12.4 Å². The van der Waals surface area contributed by atoms with Gasteiger partial charge in [-0.25, -0.2) is 15.0 Å². The summed E-state index contributed by atoms with van der Waals surface area (Å²) in [4.78, 5) is 24.3. The fourth-order valence-electron chi connectivity index (χ4n) is 3.14. The molecule has 0 spiro atoms. The molecule has 0 aromatic carbocycles. The maximum Gasteiger partial charge on any atom is 0.258 e. The van der Waals surface area contributed by atoms with Crippen LogP contribution in [0.3, 0.4) is 0 Å². The van der Waals surface area contributed by atoms with E-state index >= 15 is 0 Å². The Kier molecular flexibility index (Phi) is 4.59. The van der Waals surface area contributed by atoms with Gasteiger partial charge in [0.25, 0.3) is 5.88 Å². The van der Waals surface area contributed by atoms with Crippen molar-refractivity contribution in [2.24, 2.45) is 5.73 Å². The molecule has 1 saturated heterocycles. The van der Waals surface area contributed by atoms with Crippen LogP contribution < -0.4 is 21.5 Å².